The largest absolute Gasteiger partial charge is 0.447 e. The third-order valence-corrected chi connectivity index (χ3v) is 2.51. The molecule has 0 aliphatic carbocycles. The van der Waals surface area contributed by atoms with Crippen LogP contribution in [0, 0.1) is 5.82 Å². The van der Waals surface area contributed by atoms with E-state index in [1.807, 2.05) is 0 Å². The first-order valence-corrected chi connectivity index (χ1v) is 5.55. The molecule has 1 amide bonds. The number of benzene rings is 1. The molecule has 5 heteroatoms. The van der Waals surface area contributed by atoms with Crippen molar-refractivity contribution in [1.29, 1.82) is 0 Å². The predicted molar refractivity (Wildman–Crippen MR) is 60.3 cm³/mol. The Kier molecular flexibility index (Phi) is 3.93. The molecule has 1 saturated heterocycles. The summed E-state index contributed by atoms with van der Waals surface area (Å²) in [5, 5.41) is 2.51. The van der Waals surface area contributed by atoms with Gasteiger partial charge in [-0.05, 0) is 37.1 Å². The lowest BCUT2D eigenvalue weighted by Gasteiger charge is -2.10. The van der Waals surface area contributed by atoms with Crippen LogP contribution in [0.4, 0.5) is 14.9 Å². The Morgan fingerprint density at radius 3 is 2.88 bits per heavy atom. The van der Waals surface area contributed by atoms with Gasteiger partial charge in [-0.1, -0.05) is 0 Å². The van der Waals surface area contributed by atoms with E-state index in [0.717, 1.165) is 19.4 Å². The third kappa shape index (κ3) is 3.71. The Labute approximate surface area is 98.7 Å². The minimum Gasteiger partial charge on any atom is -0.447 e. The summed E-state index contributed by atoms with van der Waals surface area (Å²) in [6.45, 7) is 0.987. The molecule has 0 aromatic heterocycles. The van der Waals surface area contributed by atoms with Crippen LogP contribution in [0.5, 0.6) is 0 Å². The number of halogens is 1. The monoisotopic (exact) mass is 239 g/mol. The van der Waals surface area contributed by atoms with Crippen molar-refractivity contribution in [2.24, 2.45) is 0 Å². The SMILES string of the molecule is O=C(Nc1ccc(F)cc1)OCC1CCCO1. The van der Waals surface area contributed by atoms with Crippen LogP contribution in [-0.2, 0) is 9.47 Å². The maximum Gasteiger partial charge on any atom is 0.411 e. The Hall–Kier alpha value is -1.62. The topological polar surface area (TPSA) is 47.6 Å². The van der Waals surface area contributed by atoms with Gasteiger partial charge in [0.2, 0.25) is 0 Å². The van der Waals surface area contributed by atoms with Crippen LogP contribution in [0.1, 0.15) is 12.8 Å². The zero-order valence-corrected chi connectivity index (χ0v) is 9.32. The minimum absolute atomic E-state index is 0.00830. The van der Waals surface area contributed by atoms with Gasteiger partial charge in [0.05, 0.1) is 6.10 Å². The Bertz CT molecular complexity index is 374. The highest BCUT2D eigenvalue weighted by Crippen LogP contribution is 2.13. The molecular formula is C12H14FNO3. The van der Waals surface area contributed by atoms with E-state index in [1.54, 1.807) is 0 Å². The number of carbonyl (C=O) groups is 1. The van der Waals surface area contributed by atoms with Crippen molar-refractivity contribution in [1.82, 2.24) is 0 Å². The summed E-state index contributed by atoms with van der Waals surface area (Å²) >= 11 is 0. The molecule has 0 saturated carbocycles. The third-order valence-electron chi connectivity index (χ3n) is 2.51. The van der Waals surface area contributed by atoms with Crippen molar-refractivity contribution in [3.8, 4) is 0 Å². The maximum absolute atomic E-state index is 12.6. The second-order valence-corrected chi connectivity index (χ2v) is 3.87. The molecule has 2 rings (SSSR count). The van der Waals surface area contributed by atoms with E-state index in [4.69, 9.17) is 9.47 Å². The van der Waals surface area contributed by atoms with Crippen LogP contribution >= 0.6 is 0 Å². The van der Waals surface area contributed by atoms with Crippen LogP contribution in [0.15, 0.2) is 24.3 Å². The van der Waals surface area contributed by atoms with Crippen molar-refractivity contribution in [3.63, 3.8) is 0 Å². The normalized spacial score (nSPS) is 19.0. The molecule has 92 valence electrons. The fourth-order valence-corrected chi connectivity index (χ4v) is 1.63. The summed E-state index contributed by atoms with van der Waals surface area (Å²) in [7, 11) is 0. The van der Waals surface area contributed by atoms with E-state index in [2.05, 4.69) is 5.32 Å². The summed E-state index contributed by atoms with van der Waals surface area (Å²) in [4.78, 5) is 11.4. The van der Waals surface area contributed by atoms with Crippen molar-refractivity contribution < 1.29 is 18.7 Å². The molecule has 0 radical (unpaired) electrons. The highest BCUT2D eigenvalue weighted by Gasteiger charge is 2.17. The summed E-state index contributed by atoms with van der Waals surface area (Å²) in [5.41, 5.74) is 0.503. The number of hydrogen-bond donors (Lipinski definition) is 1. The molecule has 0 bridgehead atoms. The second kappa shape index (κ2) is 5.63. The van der Waals surface area contributed by atoms with Crippen molar-refractivity contribution >= 4 is 11.8 Å². The molecule has 1 atom stereocenters. The molecule has 1 fully saturated rings. The van der Waals surface area contributed by atoms with Crippen LogP contribution in [0.3, 0.4) is 0 Å². The fraction of sp³-hybridized carbons (Fsp3) is 0.417. The first-order chi connectivity index (χ1) is 8.24. The van der Waals surface area contributed by atoms with Crippen LogP contribution in [-0.4, -0.2) is 25.4 Å². The smallest absolute Gasteiger partial charge is 0.411 e. The molecule has 1 aromatic carbocycles. The number of nitrogens with one attached hydrogen (secondary N) is 1. The molecule has 0 spiro atoms. The second-order valence-electron chi connectivity index (χ2n) is 3.87. The molecular weight excluding hydrogens is 225 g/mol. The average Bonchev–Trinajstić information content (AvgIpc) is 2.83. The number of anilines is 1. The Morgan fingerprint density at radius 2 is 2.24 bits per heavy atom. The molecule has 4 nitrogen and oxygen atoms in total. The lowest BCUT2D eigenvalue weighted by Crippen LogP contribution is -2.21. The van der Waals surface area contributed by atoms with Gasteiger partial charge in [0, 0.05) is 12.3 Å². The highest BCUT2D eigenvalue weighted by molar-refractivity contribution is 5.84. The van der Waals surface area contributed by atoms with Gasteiger partial charge >= 0.3 is 6.09 Å². The van der Waals surface area contributed by atoms with E-state index >= 15 is 0 Å². The van der Waals surface area contributed by atoms with Crippen molar-refractivity contribution in [3.05, 3.63) is 30.1 Å². The standard InChI is InChI=1S/C12H14FNO3/c13-9-3-5-10(6-4-9)14-12(15)17-8-11-2-1-7-16-11/h3-6,11H,1-2,7-8H2,(H,14,15). The number of carbonyl (C=O) groups excluding carboxylic acids is 1. The summed E-state index contributed by atoms with van der Waals surface area (Å²) in [6, 6.07) is 5.50. The molecule has 1 aliphatic heterocycles. The van der Waals surface area contributed by atoms with Gasteiger partial charge in [-0.3, -0.25) is 5.32 Å². The molecule has 1 aliphatic rings. The minimum atomic E-state index is -0.549. The Balaban J connectivity index is 1.74. The van der Waals surface area contributed by atoms with Crippen molar-refractivity contribution in [2.45, 2.75) is 18.9 Å². The van der Waals surface area contributed by atoms with E-state index in [9.17, 15) is 9.18 Å². The van der Waals surface area contributed by atoms with E-state index in [0.29, 0.717) is 5.69 Å². The summed E-state index contributed by atoms with van der Waals surface area (Å²) in [6.07, 6.45) is 1.39. The molecule has 1 N–H and O–H groups in total. The molecule has 1 unspecified atom stereocenters. The fourth-order valence-electron chi connectivity index (χ4n) is 1.63. The van der Waals surface area contributed by atoms with Gasteiger partial charge in [0.25, 0.3) is 0 Å². The van der Waals surface area contributed by atoms with Crippen LogP contribution in [0.2, 0.25) is 0 Å². The van der Waals surface area contributed by atoms with E-state index < -0.39 is 6.09 Å². The average molecular weight is 239 g/mol. The zero-order chi connectivity index (χ0) is 12.1. The van der Waals surface area contributed by atoms with Crippen molar-refractivity contribution in [2.75, 3.05) is 18.5 Å². The number of amides is 1. The van der Waals surface area contributed by atoms with Gasteiger partial charge < -0.3 is 9.47 Å². The number of ether oxygens (including phenoxy) is 2. The van der Waals surface area contributed by atoms with Gasteiger partial charge in [0.15, 0.2) is 0 Å². The number of hydrogen-bond acceptors (Lipinski definition) is 3. The molecule has 1 aromatic rings. The maximum atomic E-state index is 12.6. The van der Waals surface area contributed by atoms with Gasteiger partial charge in [-0.2, -0.15) is 0 Å². The quantitative estimate of drug-likeness (QED) is 0.881. The first kappa shape index (κ1) is 11.9. The first-order valence-electron chi connectivity index (χ1n) is 5.55. The zero-order valence-electron chi connectivity index (χ0n) is 9.32. The summed E-state index contributed by atoms with van der Waals surface area (Å²) < 4.78 is 22.9. The number of rotatable bonds is 3. The van der Waals surface area contributed by atoms with E-state index in [1.165, 1.54) is 24.3 Å². The van der Waals surface area contributed by atoms with Gasteiger partial charge in [-0.25, -0.2) is 9.18 Å². The summed E-state index contributed by atoms with van der Waals surface area (Å²) in [5.74, 6) is -0.344. The lowest BCUT2D eigenvalue weighted by molar-refractivity contribution is 0.0484. The van der Waals surface area contributed by atoms with Crippen LogP contribution < -0.4 is 5.32 Å². The Morgan fingerprint density at radius 1 is 1.47 bits per heavy atom. The predicted octanol–water partition coefficient (Wildman–Crippen LogP) is 2.55. The molecule has 1 heterocycles. The highest BCUT2D eigenvalue weighted by atomic mass is 19.1. The molecule has 17 heavy (non-hydrogen) atoms. The van der Waals surface area contributed by atoms with Gasteiger partial charge in [-0.15, -0.1) is 0 Å². The van der Waals surface area contributed by atoms with Crippen LogP contribution in [0.25, 0.3) is 0 Å². The lowest BCUT2D eigenvalue weighted by atomic mass is 10.2. The van der Waals surface area contributed by atoms with E-state index in [-0.39, 0.29) is 18.5 Å². The van der Waals surface area contributed by atoms with Gasteiger partial charge in [0.1, 0.15) is 12.4 Å².